The number of nitrogens with one attached hydrogen (secondary N) is 1. The van der Waals surface area contributed by atoms with Gasteiger partial charge < -0.3 is 24.3 Å². The predicted molar refractivity (Wildman–Crippen MR) is 119 cm³/mol. The Balaban J connectivity index is 3.06. The van der Waals surface area contributed by atoms with E-state index in [2.05, 4.69) is 5.32 Å². The molecule has 0 atom stereocenters. The van der Waals surface area contributed by atoms with E-state index in [4.69, 9.17) is 18.9 Å². The molecule has 0 heterocycles. The molecule has 0 aromatic carbocycles. The Morgan fingerprint density at radius 3 is 1.76 bits per heavy atom. The lowest BCUT2D eigenvalue weighted by molar-refractivity contribution is -0.122. The number of ether oxygens (including phenoxy) is 4. The van der Waals surface area contributed by atoms with Crippen LogP contribution < -0.4 is 5.32 Å². The first-order chi connectivity index (χ1) is 14.0. The van der Waals surface area contributed by atoms with Crippen molar-refractivity contribution in [2.24, 2.45) is 5.92 Å². The first-order valence-electron chi connectivity index (χ1n) is 11.6. The standard InChI is InChI=1S/C23H47NO5/c1-21(2)23(25)11-9-7-5-6-8-10-12-24-13-14-26-15-16-27-17-18-28-19-20-29-22(3)4/h21-22,24H,5-20H2,1-4H3. The minimum absolute atomic E-state index is 0.192. The number of hydrogen-bond acceptors (Lipinski definition) is 6. The van der Waals surface area contributed by atoms with Gasteiger partial charge in [0.1, 0.15) is 5.78 Å². The molecular weight excluding hydrogens is 370 g/mol. The van der Waals surface area contributed by atoms with Crippen molar-refractivity contribution in [3.8, 4) is 0 Å². The van der Waals surface area contributed by atoms with E-state index in [-0.39, 0.29) is 12.0 Å². The van der Waals surface area contributed by atoms with Gasteiger partial charge in [0.25, 0.3) is 0 Å². The zero-order chi connectivity index (χ0) is 21.6. The van der Waals surface area contributed by atoms with Gasteiger partial charge in [-0.3, -0.25) is 4.79 Å². The molecule has 1 N–H and O–H groups in total. The van der Waals surface area contributed by atoms with Crippen LogP contribution in [0.25, 0.3) is 0 Å². The molecule has 0 amide bonds. The zero-order valence-corrected chi connectivity index (χ0v) is 19.5. The van der Waals surface area contributed by atoms with Crippen molar-refractivity contribution in [3.63, 3.8) is 0 Å². The maximum atomic E-state index is 11.5. The van der Waals surface area contributed by atoms with Gasteiger partial charge >= 0.3 is 0 Å². The van der Waals surface area contributed by atoms with Crippen molar-refractivity contribution < 1.29 is 23.7 Å². The second-order valence-electron chi connectivity index (χ2n) is 8.00. The number of carbonyl (C=O) groups excluding carboxylic acids is 1. The Morgan fingerprint density at radius 1 is 0.655 bits per heavy atom. The first-order valence-corrected chi connectivity index (χ1v) is 11.6. The number of carbonyl (C=O) groups is 1. The molecule has 0 aromatic rings. The summed E-state index contributed by atoms with van der Waals surface area (Å²) in [6.45, 7) is 14.3. The van der Waals surface area contributed by atoms with Crippen LogP contribution in [0.15, 0.2) is 0 Å². The number of unbranched alkanes of at least 4 members (excludes halogenated alkanes) is 5. The fourth-order valence-corrected chi connectivity index (χ4v) is 2.70. The quantitative estimate of drug-likeness (QED) is 0.253. The molecule has 174 valence electrons. The van der Waals surface area contributed by atoms with E-state index in [1.54, 1.807) is 0 Å². The monoisotopic (exact) mass is 417 g/mol. The van der Waals surface area contributed by atoms with Crippen molar-refractivity contribution in [1.29, 1.82) is 0 Å². The number of Topliss-reactive ketones (excluding diaryl/α,β-unsaturated/α-hetero) is 1. The van der Waals surface area contributed by atoms with Crippen LogP contribution in [-0.2, 0) is 23.7 Å². The maximum absolute atomic E-state index is 11.5. The summed E-state index contributed by atoms with van der Waals surface area (Å²) >= 11 is 0. The van der Waals surface area contributed by atoms with Crippen LogP contribution in [0.5, 0.6) is 0 Å². The Bertz CT molecular complexity index is 350. The topological polar surface area (TPSA) is 66.0 Å². The summed E-state index contributed by atoms with van der Waals surface area (Å²) in [5.41, 5.74) is 0. The van der Waals surface area contributed by atoms with Crippen molar-refractivity contribution >= 4 is 5.78 Å². The lowest BCUT2D eigenvalue weighted by Gasteiger charge is -2.09. The summed E-state index contributed by atoms with van der Waals surface area (Å²) in [6, 6.07) is 0. The summed E-state index contributed by atoms with van der Waals surface area (Å²) in [7, 11) is 0. The molecule has 0 saturated heterocycles. The molecule has 0 radical (unpaired) electrons. The fourth-order valence-electron chi connectivity index (χ4n) is 2.70. The molecule has 0 saturated carbocycles. The summed E-state index contributed by atoms with van der Waals surface area (Å²) in [5, 5.41) is 3.41. The number of rotatable bonds is 23. The van der Waals surface area contributed by atoms with Crippen LogP contribution in [0.1, 0.15) is 72.6 Å². The number of hydrogen-bond donors (Lipinski definition) is 1. The van der Waals surface area contributed by atoms with Gasteiger partial charge in [0.05, 0.1) is 52.4 Å². The van der Waals surface area contributed by atoms with E-state index in [1.807, 2.05) is 27.7 Å². The Hall–Kier alpha value is -0.530. The van der Waals surface area contributed by atoms with Crippen LogP contribution in [0.3, 0.4) is 0 Å². The number of ketones is 1. The third-order valence-corrected chi connectivity index (χ3v) is 4.52. The van der Waals surface area contributed by atoms with Crippen molar-refractivity contribution in [3.05, 3.63) is 0 Å². The highest BCUT2D eigenvalue weighted by atomic mass is 16.6. The van der Waals surface area contributed by atoms with Gasteiger partial charge in [0, 0.05) is 18.9 Å². The maximum Gasteiger partial charge on any atom is 0.135 e. The van der Waals surface area contributed by atoms with Crippen LogP contribution in [0.4, 0.5) is 0 Å². The molecule has 0 spiro atoms. The predicted octanol–water partition coefficient (Wildman–Crippen LogP) is 4.01. The molecule has 0 aliphatic carbocycles. The molecule has 6 nitrogen and oxygen atoms in total. The van der Waals surface area contributed by atoms with Crippen LogP contribution in [0.2, 0.25) is 0 Å². The van der Waals surface area contributed by atoms with Crippen LogP contribution in [-0.4, -0.2) is 71.2 Å². The van der Waals surface area contributed by atoms with Crippen molar-refractivity contribution in [2.75, 3.05) is 59.3 Å². The van der Waals surface area contributed by atoms with Crippen LogP contribution >= 0.6 is 0 Å². The van der Waals surface area contributed by atoms with Crippen LogP contribution in [0, 0.1) is 5.92 Å². The minimum atomic E-state index is 0.192. The lowest BCUT2D eigenvalue weighted by Crippen LogP contribution is -2.22. The SMILES string of the molecule is CC(C)OCCOCCOCCOCCNCCCCCCCCC(=O)C(C)C. The highest BCUT2D eigenvalue weighted by Gasteiger charge is 2.05. The van der Waals surface area contributed by atoms with E-state index < -0.39 is 0 Å². The normalized spacial score (nSPS) is 11.7. The van der Waals surface area contributed by atoms with Gasteiger partial charge in [-0.05, 0) is 33.2 Å². The summed E-state index contributed by atoms with van der Waals surface area (Å²) < 4.78 is 21.8. The second kappa shape index (κ2) is 22.2. The molecule has 0 unspecified atom stereocenters. The average molecular weight is 418 g/mol. The van der Waals surface area contributed by atoms with E-state index >= 15 is 0 Å². The molecule has 0 bridgehead atoms. The molecule has 0 fully saturated rings. The van der Waals surface area contributed by atoms with Gasteiger partial charge in [0.2, 0.25) is 0 Å². The molecule has 0 aliphatic rings. The Kier molecular flexibility index (Phi) is 21.8. The van der Waals surface area contributed by atoms with E-state index in [1.165, 1.54) is 32.1 Å². The van der Waals surface area contributed by atoms with Gasteiger partial charge in [-0.15, -0.1) is 0 Å². The largest absolute Gasteiger partial charge is 0.378 e. The van der Waals surface area contributed by atoms with E-state index in [0.717, 1.165) is 32.5 Å². The Labute approximate surface area is 179 Å². The lowest BCUT2D eigenvalue weighted by atomic mass is 10.0. The third-order valence-electron chi connectivity index (χ3n) is 4.52. The second-order valence-corrected chi connectivity index (χ2v) is 8.00. The van der Waals surface area contributed by atoms with Crippen molar-refractivity contribution in [2.45, 2.75) is 78.7 Å². The highest BCUT2D eigenvalue weighted by Crippen LogP contribution is 2.09. The summed E-state index contributed by atoms with van der Waals surface area (Å²) in [4.78, 5) is 11.5. The zero-order valence-electron chi connectivity index (χ0n) is 19.5. The Morgan fingerprint density at radius 2 is 1.17 bits per heavy atom. The molecule has 0 aromatic heterocycles. The smallest absolute Gasteiger partial charge is 0.135 e. The average Bonchev–Trinajstić information content (AvgIpc) is 2.68. The van der Waals surface area contributed by atoms with Gasteiger partial charge in [-0.2, -0.15) is 0 Å². The van der Waals surface area contributed by atoms with Gasteiger partial charge in [-0.1, -0.05) is 39.5 Å². The fraction of sp³-hybridized carbons (Fsp3) is 0.957. The van der Waals surface area contributed by atoms with Gasteiger partial charge in [0.15, 0.2) is 0 Å². The van der Waals surface area contributed by atoms with E-state index in [0.29, 0.717) is 45.4 Å². The van der Waals surface area contributed by atoms with E-state index in [9.17, 15) is 4.79 Å². The highest BCUT2D eigenvalue weighted by molar-refractivity contribution is 5.80. The molecular formula is C23H47NO5. The molecule has 6 heteroatoms. The van der Waals surface area contributed by atoms with Gasteiger partial charge in [-0.25, -0.2) is 0 Å². The summed E-state index contributed by atoms with van der Waals surface area (Å²) in [6.07, 6.45) is 8.21. The minimum Gasteiger partial charge on any atom is -0.378 e. The molecule has 0 rings (SSSR count). The first kappa shape index (κ1) is 28.5. The molecule has 0 aliphatic heterocycles. The van der Waals surface area contributed by atoms with Crippen molar-refractivity contribution in [1.82, 2.24) is 5.32 Å². The molecule has 29 heavy (non-hydrogen) atoms. The third kappa shape index (κ3) is 23.6. The summed E-state index contributed by atoms with van der Waals surface area (Å²) in [5.74, 6) is 0.595.